The van der Waals surface area contributed by atoms with Crippen molar-refractivity contribution in [1.82, 2.24) is 4.90 Å². The number of halogens is 1. The topological polar surface area (TPSA) is 55.8 Å². The molecule has 1 aliphatic heterocycles. The zero-order valence-corrected chi connectivity index (χ0v) is 14.2. The highest BCUT2D eigenvalue weighted by Crippen LogP contribution is 2.28. The molecule has 0 aromatic carbocycles. The van der Waals surface area contributed by atoms with Gasteiger partial charge < -0.3 is 9.47 Å². The van der Waals surface area contributed by atoms with Gasteiger partial charge in [0.2, 0.25) is 0 Å². The van der Waals surface area contributed by atoms with E-state index in [9.17, 15) is 9.59 Å². The Kier molecular flexibility index (Phi) is 6.30. The van der Waals surface area contributed by atoms with Gasteiger partial charge in [0.15, 0.2) is 0 Å². The number of rotatable bonds is 3. The van der Waals surface area contributed by atoms with Gasteiger partial charge in [0.25, 0.3) is 0 Å². The van der Waals surface area contributed by atoms with E-state index in [1.54, 1.807) is 0 Å². The van der Waals surface area contributed by atoms with Crippen LogP contribution in [0.25, 0.3) is 0 Å². The van der Waals surface area contributed by atoms with Crippen LogP contribution in [-0.4, -0.2) is 47.6 Å². The summed E-state index contributed by atoms with van der Waals surface area (Å²) >= 11 is 3.42. The molecule has 5 nitrogen and oxygen atoms in total. The first-order valence-corrected chi connectivity index (χ1v) is 8.04. The number of hydrogen-bond donors (Lipinski definition) is 0. The molecule has 1 saturated heterocycles. The third-order valence-electron chi connectivity index (χ3n) is 3.33. The van der Waals surface area contributed by atoms with Crippen molar-refractivity contribution in [2.45, 2.75) is 51.7 Å². The SMILES string of the molecule is COC(=O)[C@H]1C[C@@H](CCBr)CCN1C(=O)OC(C)(C)C. The lowest BCUT2D eigenvalue weighted by Gasteiger charge is -2.38. The van der Waals surface area contributed by atoms with E-state index >= 15 is 0 Å². The van der Waals surface area contributed by atoms with Crippen molar-refractivity contribution >= 4 is 28.0 Å². The van der Waals surface area contributed by atoms with Gasteiger partial charge in [-0.1, -0.05) is 15.9 Å². The molecule has 116 valence electrons. The molecule has 0 aromatic heterocycles. The van der Waals surface area contributed by atoms with Crippen LogP contribution in [0.5, 0.6) is 0 Å². The third-order valence-corrected chi connectivity index (χ3v) is 3.79. The molecule has 0 N–H and O–H groups in total. The molecule has 0 bridgehead atoms. The van der Waals surface area contributed by atoms with E-state index in [0.29, 0.717) is 18.9 Å². The smallest absolute Gasteiger partial charge is 0.411 e. The van der Waals surface area contributed by atoms with E-state index in [4.69, 9.17) is 9.47 Å². The molecule has 0 spiro atoms. The fraction of sp³-hybridized carbons (Fsp3) is 0.857. The van der Waals surface area contributed by atoms with Gasteiger partial charge >= 0.3 is 12.1 Å². The van der Waals surface area contributed by atoms with Gasteiger partial charge in [0, 0.05) is 11.9 Å². The van der Waals surface area contributed by atoms with E-state index < -0.39 is 17.7 Å². The third kappa shape index (κ3) is 4.96. The molecule has 0 aromatic rings. The molecule has 2 atom stereocenters. The predicted molar refractivity (Wildman–Crippen MR) is 79.9 cm³/mol. The fourth-order valence-electron chi connectivity index (χ4n) is 2.35. The lowest BCUT2D eigenvalue weighted by atomic mass is 9.89. The first-order valence-electron chi connectivity index (χ1n) is 6.92. The highest BCUT2D eigenvalue weighted by Gasteiger charge is 2.38. The number of likely N-dealkylation sites (tertiary alicyclic amines) is 1. The Balaban J connectivity index is 2.77. The molecule has 1 heterocycles. The Morgan fingerprint density at radius 3 is 2.50 bits per heavy atom. The molecular weight excluding hydrogens is 326 g/mol. The van der Waals surface area contributed by atoms with Gasteiger partial charge in [-0.3, -0.25) is 4.90 Å². The summed E-state index contributed by atoms with van der Waals surface area (Å²) in [5, 5.41) is 0.901. The molecule has 0 saturated carbocycles. The highest BCUT2D eigenvalue weighted by atomic mass is 79.9. The van der Waals surface area contributed by atoms with Crippen LogP contribution in [0.3, 0.4) is 0 Å². The van der Waals surface area contributed by atoms with E-state index in [2.05, 4.69) is 15.9 Å². The van der Waals surface area contributed by atoms with E-state index in [0.717, 1.165) is 18.2 Å². The zero-order valence-electron chi connectivity index (χ0n) is 12.6. The summed E-state index contributed by atoms with van der Waals surface area (Å²) in [5.41, 5.74) is -0.565. The maximum atomic E-state index is 12.2. The van der Waals surface area contributed by atoms with Crippen LogP contribution in [0.1, 0.15) is 40.0 Å². The molecule has 0 aliphatic carbocycles. The van der Waals surface area contributed by atoms with Crippen molar-refractivity contribution in [2.75, 3.05) is 19.0 Å². The van der Waals surface area contributed by atoms with Crippen molar-refractivity contribution in [1.29, 1.82) is 0 Å². The summed E-state index contributed by atoms with van der Waals surface area (Å²) in [6.07, 6.45) is 2.08. The molecular formula is C14H24BrNO4. The number of esters is 1. The second-order valence-electron chi connectivity index (χ2n) is 6.08. The number of hydrogen-bond acceptors (Lipinski definition) is 4. The van der Waals surface area contributed by atoms with Gasteiger partial charge in [-0.2, -0.15) is 0 Å². The Morgan fingerprint density at radius 1 is 1.35 bits per heavy atom. The van der Waals surface area contributed by atoms with Crippen LogP contribution < -0.4 is 0 Å². The van der Waals surface area contributed by atoms with Crippen molar-refractivity contribution < 1.29 is 19.1 Å². The maximum Gasteiger partial charge on any atom is 0.411 e. The van der Waals surface area contributed by atoms with Crippen molar-refractivity contribution in [2.24, 2.45) is 5.92 Å². The average molecular weight is 350 g/mol. The monoisotopic (exact) mass is 349 g/mol. The molecule has 1 rings (SSSR count). The average Bonchev–Trinajstić information content (AvgIpc) is 2.36. The summed E-state index contributed by atoms with van der Waals surface area (Å²) in [7, 11) is 1.35. The van der Waals surface area contributed by atoms with Gasteiger partial charge in [0.05, 0.1) is 7.11 Å². The predicted octanol–water partition coefficient (Wildman–Crippen LogP) is 2.96. The number of carbonyl (C=O) groups excluding carboxylic acids is 2. The van der Waals surface area contributed by atoms with Gasteiger partial charge in [0.1, 0.15) is 11.6 Å². The second-order valence-corrected chi connectivity index (χ2v) is 6.87. The second kappa shape index (κ2) is 7.29. The maximum absolute atomic E-state index is 12.2. The van der Waals surface area contributed by atoms with E-state index in [1.807, 2.05) is 20.8 Å². The van der Waals surface area contributed by atoms with E-state index in [-0.39, 0.29) is 5.97 Å². The van der Waals surface area contributed by atoms with Gasteiger partial charge in [-0.25, -0.2) is 9.59 Å². The molecule has 1 amide bonds. The lowest BCUT2D eigenvalue weighted by Crippen LogP contribution is -2.52. The molecule has 1 aliphatic rings. The molecule has 1 fully saturated rings. The van der Waals surface area contributed by atoms with Crippen LogP contribution in [-0.2, 0) is 14.3 Å². The number of methoxy groups -OCH3 is 1. The van der Waals surface area contributed by atoms with Crippen LogP contribution in [0, 0.1) is 5.92 Å². The Hall–Kier alpha value is -0.780. The number of nitrogens with zero attached hydrogens (tertiary/aromatic N) is 1. The van der Waals surface area contributed by atoms with E-state index in [1.165, 1.54) is 12.0 Å². The van der Waals surface area contributed by atoms with Gasteiger partial charge in [-0.05, 0) is 46.0 Å². The Morgan fingerprint density at radius 2 is 2.00 bits per heavy atom. The zero-order chi connectivity index (χ0) is 15.3. The summed E-state index contributed by atoms with van der Waals surface area (Å²) in [6.45, 7) is 5.98. The van der Waals surface area contributed by atoms with Crippen LogP contribution >= 0.6 is 15.9 Å². The number of piperidine rings is 1. The molecule has 20 heavy (non-hydrogen) atoms. The Labute approximate surface area is 129 Å². The van der Waals surface area contributed by atoms with Crippen LogP contribution in [0.2, 0.25) is 0 Å². The number of amides is 1. The fourth-order valence-corrected chi connectivity index (χ4v) is 3.00. The first-order chi connectivity index (χ1) is 9.28. The molecule has 0 unspecified atom stereocenters. The first kappa shape index (κ1) is 17.3. The number of alkyl halides is 1. The summed E-state index contributed by atoms with van der Waals surface area (Å²) in [6, 6.07) is -0.535. The summed E-state index contributed by atoms with van der Waals surface area (Å²) in [4.78, 5) is 25.6. The number of carbonyl (C=O) groups is 2. The lowest BCUT2D eigenvalue weighted by molar-refractivity contribution is -0.148. The van der Waals surface area contributed by atoms with Crippen LogP contribution in [0.15, 0.2) is 0 Å². The van der Waals surface area contributed by atoms with Crippen molar-refractivity contribution in [3.63, 3.8) is 0 Å². The van der Waals surface area contributed by atoms with Crippen molar-refractivity contribution in [3.05, 3.63) is 0 Å². The summed E-state index contributed by atoms with van der Waals surface area (Å²) < 4.78 is 10.2. The quantitative estimate of drug-likeness (QED) is 0.580. The standard InChI is InChI=1S/C14H24BrNO4/c1-14(2,3)20-13(18)16-8-6-10(5-7-15)9-11(16)12(17)19-4/h10-11H,5-9H2,1-4H3/t10-,11+/m0/s1. The highest BCUT2D eigenvalue weighted by molar-refractivity contribution is 9.09. The molecule has 0 radical (unpaired) electrons. The van der Waals surface area contributed by atoms with Crippen LogP contribution in [0.4, 0.5) is 4.79 Å². The Bertz CT molecular complexity index is 354. The minimum atomic E-state index is -0.565. The minimum absolute atomic E-state index is 0.366. The largest absolute Gasteiger partial charge is 0.467 e. The normalized spacial score (nSPS) is 23.4. The summed E-state index contributed by atoms with van der Waals surface area (Å²) in [5.74, 6) is 0.0623. The number of ether oxygens (including phenoxy) is 2. The van der Waals surface area contributed by atoms with Gasteiger partial charge in [-0.15, -0.1) is 0 Å². The minimum Gasteiger partial charge on any atom is -0.467 e. The van der Waals surface area contributed by atoms with Crippen molar-refractivity contribution in [3.8, 4) is 0 Å². The molecule has 6 heteroatoms.